The molecule has 11 heteroatoms. The fraction of sp³-hybridized carbons (Fsp3) is 0.263. The van der Waals surface area contributed by atoms with Gasteiger partial charge in [-0.15, -0.1) is 0 Å². The first kappa shape index (κ1) is 23.7. The SMILES string of the molecule is CCOP(=O)(OCC)C(Cl)C(=O)Nc1ccc([N+](=O)[O-])cc1C(=O)c1ccccc1. The smallest absolute Gasteiger partial charge is 0.324 e. The van der Waals surface area contributed by atoms with Gasteiger partial charge in [0.05, 0.1) is 29.4 Å². The van der Waals surface area contributed by atoms with Gasteiger partial charge in [0.15, 0.2) is 5.78 Å². The Kier molecular flexibility index (Phi) is 8.25. The summed E-state index contributed by atoms with van der Waals surface area (Å²) in [7, 11) is -3.97. The third-order valence-electron chi connectivity index (χ3n) is 3.86. The summed E-state index contributed by atoms with van der Waals surface area (Å²) < 4.78 is 22.9. The van der Waals surface area contributed by atoms with E-state index in [0.717, 1.165) is 12.1 Å². The van der Waals surface area contributed by atoms with Crippen molar-refractivity contribution in [3.05, 3.63) is 69.8 Å². The van der Waals surface area contributed by atoms with Crippen LogP contribution in [0.2, 0.25) is 0 Å². The first-order valence-corrected chi connectivity index (χ1v) is 11.0. The summed E-state index contributed by atoms with van der Waals surface area (Å²) in [5, 5.41) is 11.9. The molecule has 0 aliphatic carbocycles. The van der Waals surface area contributed by atoms with E-state index in [1.165, 1.54) is 18.2 Å². The van der Waals surface area contributed by atoms with Crippen LogP contribution < -0.4 is 5.32 Å². The number of carbonyl (C=O) groups excluding carboxylic acids is 2. The van der Waals surface area contributed by atoms with Crippen LogP contribution in [0.15, 0.2) is 48.5 Å². The van der Waals surface area contributed by atoms with E-state index in [9.17, 15) is 24.3 Å². The molecule has 0 aromatic heterocycles. The molecule has 2 rings (SSSR count). The maximum Gasteiger partial charge on any atom is 0.357 e. The Hall–Kier alpha value is -2.58. The predicted octanol–water partition coefficient (Wildman–Crippen LogP) is 4.60. The Morgan fingerprint density at radius 1 is 1.13 bits per heavy atom. The molecule has 0 aliphatic heterocycles. The molecule has 9 nitrogen and oxygen atoms in total. The molecule has 1 amide bonds. The number of nitro groups is 1. The van der Waals surface area contributed by atoms with Gasteiger partial charge < -0.3 is 14.4 Å². The van der Waals surface area contributed by atoms with Crippen LogP contribution in [-0.2, 0) is 18.4 Å². The summed E-state index contributed by atoms with van der Waals surface area (Å²) in [6, 6.07) is 11.5. The van der Waals surface area contributed by atoms with Crippen LogP contribution in [0.1, 0.15) is 29.8 Å². The fourth-order valence-corrected chi connectivity index (χ4v) is 4.35. The van der Waals surface area contributed by atoms with Gasteiger partial charge in [0, 0.05) is 17.7 Å². The summed E-state index contributed by atoms with van der Waals surface area (Å²) >= 11 is 6.06. The standard InChI is InChI=1S/C19H20ClN2O7P/c1-3-28-30(27,29-4-2)18(20)19(24)21-16-11-10-14(22(25)26)12-15(16)17(23)13-8-6-5-7-9-13/h5-12,18H,3-4H2,1-2H3,(H,21,24). The molecule has 160 valence electrons. The van der Waals surface area contributed by atoms with Crippen molar-refractivity contribution >= 4 is 42.3 Å². The Morgan fingerprint density at radius 2 is 1.73 bits per heavy atom. The number of carbonyl (C=O) groups is 2. The highest BCUT2D eigenvalue weighted by molar-refractivity contribution is 7.57. The van der Waals surface area contributed by atoms with Crippen molar-refractivity contribution < 1.29 is 28.1 Å². The molecule has 0 saturated carbocycles. The second-order valence-electron chi connectivity index (χ2n) is 5.88. The maximum atomic E-state index is 12.9. The second-order valence-corrected chi connectivity index (χ2v) is 8.74. The van der Waals surface area contributed by atoms with Crippen molar-refractivity contribution in [2.24, 2.45) is 0 Å². The molecule has 0 aliphatic rings. The molecule has 0 fully saturated rings. The van der Waals surface area contributed by atoms with Crippen LogP contribution in [-0.4, -0.2) is 34.9 Å². The highest BCUT2D eigenvalue weighted by atomic mass is 35.5. The minimum atomic E-state index is -3.97. The number of benzene rings is 2. The van der Waals surface area contributed by atoms with E-state index in [0.29, 0.717) is 0 Å². The topological polar surface area (TPSA) is 125 Å². The van der Waals surface area contributed by atoms with E-state index in [-0.39, 0.29) is 35.7 Å². The molecule has 1 atom stereocenters. The molecule has 0 bridgehead atoms. The monoisotopic (exact) mass is 454 g/mol. The van der Waals surface area contributed by atoms with Gasteiger partial charge in [-0.25, -0.2) is 0 Å². The van der Waals surface area contributed by atoms with E-state index < -0.39 is 29.3 Å². The summed E-state index contributed by atoms with van der Waals surface area (Å²) in [5.41, 5.74) is -0.200. The zero-order valence-electron chi connectivity index (χ0n) is 16.2. The molecular formula is C19H20ClN2O7P. The van der Waals surface area contributed by atoms with E-state index in [1.807, 2.05) is 0 Å². The molecule has 2 aromatic carbocycles. The number of hydrogen-bond acceptors (Lipinski definition) is 7. The second kappa shape index (κ2) is 10.4. The average molecular weight is 455 g/mol. The van der Waals surface area contributed by atoms with Crippen LogP contribution in [0.3, 0.4) is 0 Å². The van der Waals surface area contributed by atoms with E-state index in [4.69, 9.17) is 20.6 Å². The van der Waals surface area contributed by atoms with Crippen molar-refractivity contribution in [2.45, 2.75) is 19.0 Å². The van der Waals surface area contributed by atoms with Gasteiger partial charge in [0.25, 0.3) is 11.6 Å². The number of amides is 1. The van der Waals surface area contributed by atoms with E-state index in [2.05, 4.69) is 5.32 Å². The highest BCUT2D eigenvalue weighted by Crippen LogP contribution is 2.55. The Morgan fingerprint density at radius 3 is 2.27 bits per heavy atom. The Labute approximate surface area is 178 Å². The molecule has 30 heavy (non-hydrogen) atoms. The normalized spacial score (nSPS) is 12.2. The molecule has 0 radical (unpaired) electrons. The lowest BCUT2D eigenvalue weighted by Gasteiger charge is -2.21. The quantitative estimate of drug-likeness (QED) is 0.183. The summed E-state index contributed by atoms with van der Waals surface area (Å²) in [5.74, 6) is -1.48. The summed E-state index contributed by atoms with van der Waals surface area (Å²) in [6.07, 6.45) is 0. The molecule has 1 unspecified atom stereocenters. The number of anilines is 1. The lowest BCUT2D eigenvalue weighted by Crippen LogP contribution is -2.26. The van der Waals surface area contributed by atoms with Gasteiger partial charge in [-0.05, 0) is 19.9 Å². The third kappa shape index (κ3) is 5.52. The van der Waals surface area contributed by atoms with E-state index >= 15 is 0 Å². The third-order valence-corrected chi connectivity index (χ3v) is 6.81. The number of halogens is 1. The highest BCUT2D eigenvalue weighted by Gasteiger charge is 2.40. The lowest BCUT2D eigenvalue weighted by molar-refractivity contribution is -0.384. The van der Waals surface area contributed by atoms with Crippen LogP contribution in [0.5, 0.6) is 0 Å². The van der Waals surface area contributed by atoms with Gasteiger partial charge in [0.2, 0.25) is 5.12 Å². The first-order valence-electron chi connectivity index (χ1n) is 8.95. The molecular weight excluding hydrogens is 435 g/mol. The first-order chi connectivity index (χ1) is 14.2. The fourth-order valence-electron chi connectivity index (χ4n) is 2.55. The number of alkyl halides is 1. The number of nitrogens with zero attached hydrogens (tertiary/aromatic N) is 1. The number of rotatable bonds is 10. The Balaban J connectivity index is 2.41. The number of ketones is 1. The minimum Gasteiger partial charge on any atom is -0.324 e. The average Bonchev–Trinajstić information content (AvgIpc) is 2.73. The van der Waals surface area contributed by atoms with Crippen molar-refractivity contribution in [3.8, 4) is 0 Å². The lowest BCUT2D eigenvalue weighted by atomic mass is 10.0. The zero-order valence-corrected chi connectivity index (χ0v) is 17.9. The van der Waals surface area contributed by atoms with Crippen LogP contribution in [0, 0.1) is 10.1 Å². The van der Waals surface area contributed by atoms with Gasteiger partial charge in [-0.1, -0.05) is 41.9 Å². The van der Waals surface area contributed by atoms with Crippen molar-refractivity contribution in [1.29, 1.82) is 0 Å². The van der Waals surface area contributed by atoms with Crippen molar-refractivity contribution in [2.75, 3.05) is 18.5 Å². The summed E-state index contributed by atoms with van der Waals surface area (Å²) in [6.45, 7) is 3.15. The number of hydrogen-bond donors (Lipinski definition) is 1. The van der Waals surface area contributed by atoms with E-state index in [1.54, 1.807) is 32.0 Å². The van der Waals surface area contributed by atoms with Gasteiger partial charge >= 0.3 is 7.60 Å². The summed E-state index contributed by atoms with van der Waals surface area (Å²) in [4.78, 5) is 36.0. The molecule has 0 saturated heterocycles. The number of nitrogens with one attached hydrogen (secondary N) is 1. The van der Waals surface area contributed by atoms with Crippen LogP contribution in [0.4, 0.5) is 11.4 Å². The van der Waals surface area contributed by atoms with Crippen molar-refractivity contribution in [1.82, 2.24) is 0 Å². The maximum absolute atomic E-state index is 12.9. The van der Waals surface area contributed by atoms with Crippen LogP contribution in [0.25, 0.3) is 0 Å². The Bertz CT molecular complexity index is 974. The van der Waals surface area contributed by atoms with Gasteiger partial charge in [-0.3, -0.25) is 24.3 Å². The van der Waals surface area contributed by atoms with Gasteiger partial charge in [0.1, 0.15) is 0 Å². The zero-order chi connectivity index (χ0) is 22.3. The number of nitro benzene ring substituents is 1. The molecule has 2 aromatic rings. The largest absolute Gasteiger partial charge is 0.357 e. The minimum absolute atomic E-state index is 0.00303. The van der Waals surface area contributed by atoms with Crippen LogP contribution >= 0.6 is 19.2 Å². The molecule has 0 heterocycles. The number of non-ortho nitro benzene ring substituents is 1. The predicted molar refractivity (Wildman–Crippen MR) is 112 cm³/mol. The van der Waals surface area contributed by atoms with Gasteiger partial charge in [-0.2, -0.15) is 0 Å². The molecule has 1 N–H and O–H groups in total. The van der Waals surface area contributed by atoms with Crippen molar-refractivity contribution in [3.63, 3.8) is 0 Å². The molecule has 0 spiro atoms.